The van der Waals surface area contributed by atoms with Gasteiger partial charge in [0.15, 0.2) is 0 Å². The molecule has 0 aliphatic rings. The Kier molecular flexibility index (Phi) is 2.34. The van der Waals surface area contributed by atoms with Crippen molar-refractivity contribution in [1.82, 2.24) is 0 Å². The standard InChI is InChI=1S/C8H6FNO2S/c1-6-3-2-4-8(7(6)5-10)13(9,11)12/h2-4H,1H3. The molecular weight excluding hydrogens is 193 g/mol. The van der Waals surface area contributed by atoms with Crippen molar-refractivity contribution >= 4 is 10.2 Å². The van der Waals surface area contributed by atoms with Crippen LogP contribution >= 0.6 is 0 Å². The summed E-state index contributed by atoms with van der Waals surface area (Å²) in [6, 6.07) is 5.66. The number of nitriles is 1. The molecule has 0 saturated carbocycles. The monoisotopic (exact) mass is 199 g/mol. The largest absolute Gasteiger partial charge is 0.333 e. The Morgan fingerprint density at radius 1 is 1.46 bits per heavy atom. The van der Waals surface area contributed by atoms with Crippen molar-refractivity contribution in [2.24, 2.45) is 0 Å². The second-order valence-corrected chi connectivity index (χ2v) is 3.81. The number of nitrogens with zero attached hydrogens (tertiary/aromatic N) is 1. The van der Waals surface area contributed by atoms with Crippen molar-refractivity contribution in [2.75, 3.05) is 0 Å². The molecule has 0 amide bonds. The highest BCUT2D eigenvalue weighted by Crippen LogP contribution is 2.19. The topological polar surface area (TPSA) is 57.9 Å². The lowest BCUT2D eigenvalue weighted by Gasteiger charge is -2.00. The van der Waals surface area contributed by atoms with Gasteiger partial charge in [0.1, 0.15) is 11.0 Å². The molecule has 0 radical (unpaired) electrons. The van der Waals surface area contributed by atoms with Crippen LogP contribution in [0.4, 0.5) is 3.89 Å². The van der Waals surface area contributed by atoms with E-state index in [4.69, 9.17) is 5.26 Å². The van der Waals surface area contributed by atoms with Gasteiger partial charge in [0.05, 0.1) is 5.56 Å². The van der Waals surface area contributed by atoms with E-state index in [1.807, 2.05) is 0 Å². The Morgan fingerprint density at radius 2 is 2.08 bits per heavy atom. The molecular formula is C8H6FNO2S. The number of hydrogen-bond acceptors (Lipinski definition) is 3. The van der Waals surface area contributed by atoms with E-state index in [2.05, 4.69) is 0 Å². The molecule has 0 fully saturated rings. The number of halogens is 1. The van der Waals surface area contributed by atoms with Gasteiger partial charge in [-0.25, -0.2) is 0 Å². The maximum atomic E-state index is 12.6. The molecule has 0 aromatic heterocycles. The van der Waals surface area contributed by atoms with E-state index in [0.29, 0.717) is 5.56 Å². The van der Waals surface area contributed by atoms with Crippen LogP contribution in [0.15, 0.2) is 23.1 Å². The molecule has 0 unspecified atom stereocenters. The molecule has 0 saturated heterocycles. The Bertz CT molecular complexity index is 473. The van der Waals surface area contributed by atoms with Crippen molar-refractivity contribution in [3.05, 3.63) is 29.3 Å². The maximum Gasteiger partial charge on any atom is 0.333 e. The first-order chi connectivity index (χ1) is 5.96. The molecule has 0 aliphatic heterocycles. The molecule has 1 aromatic rings. The Labute approximate surface area is 75.6 Å². The van der Waals surface area contributed by atoms with E-state index >= 15 is 0 Å². The molecule has 0 aliphatic carbocycles. The molecule has 68 valence electrons. The number of rotatable bonds is 1. The maximum absolute atomic E-state index is 12.6. The summed E-state index contributed by atoms with van der Waals surface area (Å²) in [7, 11) is -4.79. The molecule has 1 rings (SSSR count). The van der Waals surface area contributed by atoms with Gasteiger partial charge >= 0.3 is 10.2 Å². The van der Waals surface area contributed by atoms with Crippen molar-refractivity contribution in [3.63, 3.8) is 0 Å². The first-order valence-electron chi connectivity index (χ1n) is 3.41. The summed E-state index contributed by atoms with van der Waals surface area (Å²) in [6.07, 6.45) is 0. The minimum Gasteiger partial charge on any atom is -0.192 e. The van der Waals surface area contributed by atoms with E-state index in [1.54, 1.807) is 19.1 Å². The van der Waals surface area contributed by atoms with E-state index in [-0.39, 0.29) is 5.56 Å². The van der Waals surface area contributed by atoms with Gasteiger partial charge in [-0.3, -0.25) is 0 Å². The second-order valence-electron chi connectivity index (χ2n) is 2.50. The van der Waals surface area contributed by atoms with Gasteiger partial charge in [-0.2, -0.15) is 13.7 Å². The quantitative estimate of drug-likeness (QED) is 0.644. The van der Waals surface area contributed by atoms with Gasteiger partial charge in [0.25, 0.3) is 0 Å². The van der Waals surface area contributed by atoms with E-state index < -0.39 is 15.1 Å². The van der Waals surface area contributed by atoms with Gasteiger partial charge in [-0.05, 0) is 18.6 Å². The van der Waals surface area contributed by atoms with Crippen LogP contribution in [0.5, 0.6) is 0 Å². The highest BCUT2D eigenvalue weighted by Gasteiger charge is 2.17. The van der Waals surface area contributed by atoms with Crippen LogP contribution < -0.4 is 0 Å². The summed E-state index contributed by atoms with van der Waals surface area (Å²) in [4.78, 5) is -0.560. The lowest BCUT2D eigenvalue weighted by Crippen LogP contribution is -1.97. The van der Waals surface area contributed by atoms with Crippen LogP contribution in [0.2, 0.25) is 0 Å². The van der Waals surface area contributed by atoms with Gasteiger partial charge in [0, 0.05) is 0 Å². The van der Waals surface area contributed by atoms with E-state index in [9.17, 15) is 12.3 Å². The van der Waals surface area contributed by atoms with Crippen LogP contribution in [0.3, 0.4) is 0 Å². The molecule has 3 nitrogen and oxygen atoms in total. The zero-order valence-corrected chi connectivity index (χ0v) is 7.60. The predicted octanol–water partition coefficient (Wildman–Crippen LogP) is 1.52. The third-order valence-electron chi connectivity index (χ3n) is 1.61. The van der Waals surface area contributed by atoms with Crippen LogP contribution in [0.25, 0.3) is 0 Å². The summed E-state index contributed by atoms with van der Waals surface area (Å²) >= 11 is 0. The normalized spacial score (nSPS) is 10.8. The SMILES string of the molecule is Cc1cccc(S(=O)(=O)F)c1C#N. The first-order valence-corrected chi connectivity index (χ1v) is 4.79. The molecule has 0 bridgehead atoms. The fourth-order valence-corrected chi connectivity index (χ4v) is 1.68. The summed E-state index contributed by atoms with van der Waals surface area (Å²) in [6.45, 7) is 1.55. The molecule has 13 heavy (non-hydrogen) atoms. The Morgan fingerprint density at radius 3 is 2.46 bits per heavy atom. The molecule has 0 atom stereocenters. The third kappa shape index (κ3) is 1.84. The van der Waals surface area contributed by atoms with Crippen molar-refractivity contribution in [3.8, 4) is 6.07 Å². The van der Waals surface area contributed by atoms with Crippen molar-refractivity contribution < 1.29 is 12.3 Å². The summed E-state index contributed by atoms with van der Waals surface area (Å²) in [5.74, 6) is 0. The molecule has 0 spiro atoms. The fraction of sp³-hybridized carbons (Fsp3) is 0.125. The summed E-state index contributed by atoms with van der Waals surface area (Å²) < 4.78 is 33.7. The summed E-state index contributed by atoms with van der Waals surface area (Å²) in [5, 5.41) is 8.58. The van der Waals surface area contributed by atoms with Crippen LogP contribution in [0, 0.1) is 18.3 Å². The lowest BCUT2D eigenvalue weighted by molar-refractivity contribution is 0.551. The minimum absolute atomic E-state index is 0.134. The molecule has 1 aromatic carbocycles. The minimum atomic E-state index is -4.79. The number of hydrogen-bond donors (Lipinski definition) is 0. The average molecular weight is 199 g/mol. The highest BCUT2D eigenvalue weighted by molar-refractivity contribution is 7.86. The van der Waals surface area contributed by atoms with Crippen LogP contribution in [-0.4, -0.2) is 8.42 Å². The zero-order valence-electron chi connectivity index (χ0n) is 6.78. The van der Waals surface area contributed by atoms with Gasteiger partial charge in [-0.1, -0.05) is 12.1 Å². The van der Waals surface area contributed by atoms with E-state index in [0.717, 1.165) is 6.07 Å². The zero-order chi connectivity index (χ0) is 10.1. The van der Waals surface area contributed by atoms with Crippen LogP contribution in [0.1, 0.15) is 11.1 Å². The lowest BCUT2D eigenvalue weighted by atomic mass is 10.1. The fourth-order valence-electron chi connectivity index (χ4n) is 0.987. The number of aryl methyl sites for hydroxylation is 1. The Hall–Kier alpha value is -1.41. The highest BCUT2D eigenvalue weighted by atomic mass is 32.3. The van der Waals surface area contributed by atoms with Crippen molar-refractivity contribution in [2.45, 2.75) is 11.8 Å². The van der Waals surface area contributed by atoms with E-state index in [1.165, 1.54) is 6.07 Å². The van der Waals surface area contributed by atoms with Gasteiger partial charge in [0.2, 0.25) is 0 Å². The second kappa shape index (κ2) is 3.15. The molecule has 0 N–H and O–H groups in total. The predicted molar refractivity (Wildman–Crippen MR) is 44.2 cm³/mol. The van der Waals surface area contributed by atoms with Gasteiger partial charge < -0.3 is 0 Å². The first kappa shape index (κ1) is 9.68. The average Bonchev–Trinajstić information content (AvgIpc) is 2.02. The smallest absolute Gasteiger partial charge is 0.192 e. The third-order valence-corrected chi connectivity index (χ3v) is 2.47. The molecule has 0 heterocycles. The molecule has 5 heteroatoms. The Balaban J connectivity index is 3.59. The van der Waals surface area contributed by atoms with Crippen LogP contribution in [-0.2, 0) is 10.2 Å². The van der Waals surface area contributed by atoms with Gasteiger partial charge in [-0.15, -0.1) is 3.89 Å². The summed E-state index contributed by atoms with van der Waals surface area (Å²) in [5.41, 5.74) is 0.311. The number of benzene rings is 1. The van der Waals surface area contributed by atoms with Crippen molar-refractivity contribution in [1.29, 1.82) is 5.26 Å².